The summed E-state index contributed by atoms with van der Waals surface area (Å²) < 4.78 is 24.6. The Morgan fingerprint density at radius 3 is 2.68 bits per heavy atom. The van der Waals surface area contributed by atoms with Crippen LogP contribution in [0.4, 0.5) is 10.1 Å². The molecule has 8 heteroatoms. The van der Waals surface area contributed by atoms with Crippen molar-refractivity contribution in [3.05, 3.63) is 71.7 Å². The maximum atomic E-state index is 13.7. The summed E-state index contributed by atoms with van der Waals surface area (Å²) in [4.78, 5) is 12.2. The van der Waals surface area contributed by atoms with Gasteiger partial charge in [-0.25, -0.2) is 4.39 Å². The van der Waals surface area contributed by atoms with Crippen molar-refractivity contribution in [2.45, 2.75) is 6.61 Å². The van der Waals surface area contributed by atoms with Crippen molar-refractivity contribution in [3.63, 3.8) is 0 Å². The first-order chi connectivity index (χ1) is 13.5. The first kappa shape index (κ1) is 19.5. The van der Waals surface area contributed by atoms with E-state index in [9.17, 15) is 14.3 Å². The number of aliphatic hydroxyl groups is 1. The van der Waals surface area contributed by atoms with Crippen LogP contribution in [-0.2, 0) is 6.61 Å². The van der Waals surface area contributed by atoms with Gasteiger partial charge >= 0.3 is 0 Å². The molecule has 1 amide bonds. The molecule has 144 valence electrons. The van der Waals surface area contributed by atoms with E-state index in [0.717, 1.165) is 0 Å². The van der Waals surface area contributed by atoms with Crippen molar-refractivity contribution in [1.29, 1.82) is 0 Å². The van der Waals surface area contributed by atoms with Crippen LogP contribution >= 0.6 is 12.2 Å². The van der Waals surface area contributed by atoms with Gasteiger partial charge in [0.15, 0.2) is 5.11 Å². The van der Waals surface area contributed by atoms with Crippen LogP contribution in [0.1, 0.15) is 16.1 Å². The fourth-order valence-corrected chi connectivity index (χ4v) is 2.77. The van der Waals surface area contributed by atoms with E-state index in [1.54, 1.807) is 36.4 Å². The normalized spacial score (nSPS) is 10.4. The fourth-order valence-electron chi connectivity index (χ4n) is 2.56. The van der Waals surface area contributed by atoms with Gasteiger partial charge in [0.25, 0.3) is 5.91 Å². The fraction of sp³-hybridized carbons (Fsp3) is 0.100. The Balaban J connectivity index is 1.77. The molecule has 3 aromatic rings. The third kappa shape index (κ3) is 4.36. The number of nitrogens with one attached hydrogen (secondary N) is 2. The number of hydrogen-bond donors (Lipinski definition) is 3. The molecule has 0 aliphatic rings. The molecule has 2 aromatic carbocycles. The highest BCUT2D eigenvalue weighted by Gasteiger charge is 2.14. The molecule has 0 fully saturated rings. The first-order valence-corrected chi connectivity index (χ1v) is 8.67. The SMILES string of the molecule is COc1ccc(NC(=S)NC(=O)c2ccccc2F)cc1-c1ccc(CO)o1. The monoisotopic (exact) mass is 400 g/mol. The third-order valence-electron chi connectivity index (χ3n) is 3.89. The van der Waals surface area contributed by atoms with E-state index < -0.39 is 11.7 Å². The number of ether oxygens (including phenoxy) is 1. The number of rotatable bonds is 5. The summed E-state index contributed by atoms with van der Waals surface area (Å²) in [6, 6.07) is 14.1. The number of anilines is 1. The largest absolute Gasteiger partial charge is 0.496 e. The van der Waals surface area contributed by atoms with Gasteiger partial charge in [-0.3, -0.25) is 10.1 Å². The third-order valence-corrected chi connectivity index (χ3v) is 4.09. The summed E-state index contributed by atoms with van der Waals surface area (Å²) in [7, 11) is 1.53. The van der Waals surface area contributed by atoms with Crippen LogP contribution in [0.5, 0.6) is 5.75 Å². The number of benzene rings is 2. The van der Waals surface area contributed by atoms with Crippen molar-refractivity contribution in [3.8, 4) is 17.1 Å². The lowest BCUT2D eigenvalue weighted by Gasteiger charge is -2.13. The Hall–Kier alpha value is -3.23. The molecule has 28 heavy (non-hydrogen) atoms. The molecule has 3 rings (SSSR count). The summed E-state index contributed by atoms with van der Waals surface area (Å²) in [5.41, 5.74) is 1.10. The van der Waals surface area contributed by atoms with E-state index in [4.69, 9.17) is 21.4 Å². The topological polar surface area (TPSA) is 83.7 Å². The van der Waals surface area contributed by atoms with Crippen molar-refractivity contribution in [1.82, 2.24) is 5.32 Å². The van der Waals surface area contributed by atoms with Gasteiger partial charge in [0.2, 0.25) is 0 Å². The Kier molecular flexibility index (Phi) is 6.03. The van der Waals surface area contributed by atoms with E-state index in [1.807, 2.05) is 0 Å². The molecule has 0 radical (unpaired) electrons. The van der Waals surface area contributed by atoms with Gasteiger partial charge in [-0.2, -0.15) is 0 Å². The zero-order valence-electron chi connectivity index (χ0n) is 14.9. The molecule has 0 unspecified atom stereocenters. The van der Waals surface area contributed by atoms with Crippen LogP contribution in [0.25, 0.3) is 11.3 Å². The molecule has 0 spiro atoms. The second-order valence-corrected chi connectivity index (χ2v) is 6.14. The van der Waals surface area contributed by atoms with Crippen LogP contribution in [0, 0.1) is 5.82 Å². The molecule has 0 aliphatic heterocycles. The van der Waals surface area contributed by atoms with Gasteiger partial charge in [0, 0.05) is 5.69 Å². The number of halogens is 1. The second-order valence-electron chi connectivity index (χ2n) is 5.73. The lowest BCUT2D eigenvalue weighted by Crippen LogP contribution is -2.34. The van der Waals surface area contributed by atoms with Gasteiger partial charge in [-0.15, -0.1) is 0 Å². The predicted molar refractivity (Wildman–Crippen MR) is 107 cm³/mol. The number of carbonyl (C=O) groups is 1. The molecule has 0 saturated carbocycles. The molecule has 0 aliphatic carbocycles. The molecule has 6 nitrogen and oxygen atoms in total. The van der Waals surface area contributed by atoms with E-state index in [-0.39, 0.29) is 17.3 Å². The van der Waals surface area contributed by atoms with Crippen LogP contribution in [0.3, 0.4) is 0 Å². The van der Waals surface area contributed by atoms with Crippen LogP contribution in [0.15, 0.2) is 59.0 Å². The Bertz CT molecular complexity index is 1020. The van der Waals surface area contributed by atoms with Crippen molar-refractivity contribution >= 4 is 28.9 Å². The highest BCUT2D eigenvalue weighted by molar-refractivity contribution is 7.80. The molecule has 3 N–H and O–H groups in total. The van der Waals surface area contributed by atoms with Crippen LogP contribution in [-0.4, -0.2) is 23.2 Å². The average Bonchev–Trinajstić information content (AvgIpc) is 3.17. The zero-order valence-corrected chi connectivity index (χ0v) is 15.7. The lowest BCUT2D eigenvalue weighted by molar-refractivity contribution is 0.0974. The highest BCUT2D eigenvalue weighted by atomic mass is 32.1. The number of aliphatic hydroxyl groups excluding tert-OH is 1. The van der Waals surface area contributed by atoms with Crippen LogP contribution < -0.4 is 15.4 Å². The Morgan fingerprint density at radius 2 is 2.00 bits per heavy atom. The standard InChI is InChI=1S/C20H17FN2O4S/c1-26-17-8-6-12(10-15(17)18-9-7-13(11-24)27-18)22-20(28)23-19(25)14-4-2-3-5-16(14)21/h2-10,24H,11H2,1H3,(H2,22,23,25,28). The molecule has 0 saturated heterocycles. The van der Waals surface area contributed by atoms with Crippen molar-refractivity contribution in [2.75, 3.05) is 12.4 Å². The number of hydrogen-bond acceptors (Lipinski definition) is 5. The molecule has 1 heterocycles. The molecular formula is C20H17FN2O4S. The molecule has 0 bridgehead atoms. The molecular weight excluding hydrogens is 383 g/mol. The minimum Gasteiger partial charge on any atom is -0.496 e. The number of thiocarbonyl (C=S) groups is 1. The maximum Gasteiger partial charge on any atom is 0.260 e. The zero-order chi connectivity index (χ0) is 20.1. The van der Waals surface area contributed by atoms with Gasteiger partial charge in [0.1, 0.15) is 29.7 Å². The van der Waals surface area contributed by atoms with Crippen LogP contribution in [0.2, 0.25) is 0 Å². The lowest BCUT2D eigenvalue weighted by atomic mass is 10.1. The van der Waals surface area contributed by atoms with E-state index in [1.165, 1.54) is 25.3 Å². The summed E-state index contributed by atoms with van der Waals surface area (Å²) in [5.74, 6) is 0.203. The number of methoxy groups -OCH3 is 1. The second kappa shape index (κ2) is 8.64. The summed E-state index contributed by atoms with van der Waals surface area (Å²) in [5, 5.41) is 14.5. The smallest absolute Gasteiger partial charge is 0.260 e. The van der Waals surface area contributed by atoms with Crippen molar-refractivity contribution < 1.29 is 23.4 Å². The van der Waals surface area contributed by atoms with E-state index >= 15 is 0 Å². The summed E-state index contributed by atoms with van der Waals surface area (Å²) in [6.07, 6.45) is 0. The Labute approximate surface area is 165 Å². The summed E-state index contributed by atoms with van der Waals surface area (Å²) in [6.45, 7) is -0.216. The quantitative estimate of drug-likeness (QED) is 0.567. The van der Waals surface area contributed by atoms with Gasteiger partial charge in [-0.05, 0) is 54.7 Å². The number of amides is 1. The minimum atomic E-state index is -0.650. The molecule has 0 atom stereocenters. The average molecular weight is 400 g/mol. The van der Waals surface area contributed by atoms with E-state index in [0.29, 0.717) is 28.5 Å². The predicted octanol–water partition coefficient (Wildman–Crippen LogP) is 3.71. The summed E-state index contributed by atoms with van der Waals surface area (Å²) >= 11 is 5.15. The van der Waals surface area contributed by atoms with Gasteiger partial charge in [0.05, 0.1) is 18.2 Å². The number of furan rings is 1. The van der Waals surface area contributed by atoms with Crippen molar-refractivity contribution in [2.24, 2.45) is 0 Å². The first-order valence-electron chi connectivity index (χ1n) is 8.26. The maximum absolute atomic E-state index is 13.7. The molecule has 1 aromatic heterocycles. The van der Waals surface area contributed by atoms with E-state index in [2.05, 4.69) is 10.6 Å². The Morgan fingerprint density at radius 1 is 1.21 bits per heavy atom. The number of carbonyl (C=O) groups excluding carboxylic acids is 1. The van der Waals surface area contributed by atoms with Gasteiger partial charge < -0.3 is 19.6 Å². The van der Waals surface area contributed by atoms with Gasteiger partial charge in [-0.1, -0.05) is 12.1 Å². The highest BCUT2D eigenvalue weighted by Crippen LogP contribution is 2.33. The minimum absolute atomic E-state index is 0.0138.